The number of methoxy groups -OCH3 is 1. The molecule has 1 unspecified atom stereocenters. The lowest BCUT2D eigenvalue weighted by Crippen LogP contribution is -2.36. The Morgan fingerprint density at radius 1 is 1.02 bits per heavy atom. The molecule has 1 aliphatic rings. The number of halogens is 3. The zero-order chi connectivity index (χ0) is 32.1. The van der Waals surface area contributed by atoms with Gasteiger partial charge in [0.1, 0.15) is 17.8 Å². The van der Waals surface area contributed by atoms with E-state index in [2.05, 4.69) is 43.9 Å². The number of amides is 2. The SMILES string of the molecule is COc1ccc(N2CCCSC2=NC(=O)NC(C)c2ccc(-c3ncn(-c4ccc(OC(F)(F)F)cc4)n3)cc2)c(C(C)C)c1. The molecule has 0 spiro atoms. The summed E-state index contributed by atoms with van der Waals surface area (Å²) in [6, 6.07) is 18.1. The molecule has 9 nitrogen and oxygen atoms in total. The number of ether oxygens (including phenoxy) is 2. The number of alkyl halides is 3. The number of nitrogens with zero attached hydrogens (tertiary/aromatic N) is 5. The minimum atomic E-state index is -4.76. The molecule has 45 heavy (non-hydrogen) atoms. The Morgan fingerprint density at radius 3 is 2.40 bits per heavy atom. The molecule has 1 N–H and O–H groups in total. The first-order valence-corrected chi connectivity index (χ1v) is 15.3. The molecule has 0 aliphatic carbocycles. The highest BCUT2D eigenvalue weighted by Crippen LogP contribution is 2.35. The molecule has 1 aromatic heterocycles. The van der Waals surface area contributed by atoms with Gasteiger partial charge in [0, 0.05) is 23.5 Å². The first kappa shape index (κ1) is 31.9. The standard InChI is InChI=1S/C32H33F3N6O3S/c1-20(2)27-18-26(43-4)14-15-28(27)40-16-5-17-45-31(40)38-30(42)37-21(3)22-6-8-23(9-7-22)29-36-19-41(39-29)24-10-12-25(13-11-24)44-32(33,34)35/h6-15,18-21H,5,16-17H2,1-4H3,(H,37,42). The quantitative estimate of drug-likeness (QED) is 0.211. The summed E-state index contributed by atoms with van der Waals surface area (Å²) in [5.74, 6) is 2.06. The number of rotatable bonds is 8. The molecule has 13 heteroatoms. The van der Waals surface area contributed by atoms with Crippen molar-refractivity contribution in [3.8, 4) is 28.6 Å². The van der Waals surface area contributed by atoms with Crippen molar-refractivity contribution in [2.24, 2.45) is 4.99 Å². The maximum absolute atomic E-state index is 13.1. The van der Waals surface area contributed by atoms with Crippen LogP contribution in [-0.4, -0.2) is 51.7 Å². The Morgan fingerprint density at radius 2 is 1.73 bits per heavy atom. The van der Waals surface area contributed by atoms with Crippen LogP contribution in [0.25, 0.3) is 17.1 Å². The molecule has 236 valence electrons. The van der Waals surface area contributed by atoms with Crippen LogP contribution in [0, 0.1) is 0 Å². The van der Waals surface area contributed by atoms with E-state index in [1.165, 1.54) is 35.3 Å². The third kappa shape index (κ3) is 7.96. The Hall–Kier alpha value is -4.52. The van der Waals surface area contributed by atoms with E-state index in [-0.39, 0.29) is 17.7 Å². The van der Waals surface area contributed by atoms with Crippen molar-refractivity contribution in [1.82, 2.24) is 20.1 Å². The minimum Gasteiger partial charge on any atom is -0.497 e. The number of anilines is 1. The summed E-state index contributed by atoms with van der Waals surface area (Å²) >= 11 is 1.57. The van der Waals surface area contributed by atoms with Crippen LogP contribution in [0.1, 0.15) is 50.3 Å². The number of carbonyl (C=O) groups is 1. The van der Waals surface area contributed by atoms with E-state index in [9.17, 15) is 18.0 Å². The van der Waals surface area contributed by atoms with E-state index in [1.54, 1.807) is 18.9 Å². The first-order chi connectivity index (χ1) is 21.5. The summed E-state index contributed by atoms with van der Waals surface area (Å²) in [7, 11) is 1.65. The predicted octanol–water partition coefficient (Wildman–Crippen LogP) is 7.74. The van der Waals surface area contributed by atoms with Crippen LogP contribution in [0.15, 0.2) is 78.0 Å². The highest BCUT2D eigenvalue weighted by Gasteiger charge is 2.31. The molecular weight excluding hydrogens is 605 g/mol. The van der Waals surface area contributed by atoms with Crippen LogP contribution in [0.4, 0.5) is 23.7 Å². The number of hydrogen-bond acceptors (Lipinski definition) is 6. The van der Waals surface area contributed by atoms with Gasteiger partial charge in [0.15, 0.2) is 11.0 Å². The third-order valence-electron chi connectivity index (χ3n) is 7.17. The highest BCUT2D eigenvalue weighted by atomic mass is 32.2. The van der Waals surface area contributed by atoms with Gasteiger partial charge in [0.2, 0.25) is 0 Å². The summed E-state index contributed by atoms with van der Waals surface area (Å²) in [4.78, 5) is 24.0. The van der Waals surface area contributed by atoms with Gasteiger partial charge in [0.25, 0.3) is 0 Å². The van der Waals surface area contributed by atoms with Crippen molar-refractivity contribution in [2.75, 3.05) is 24.3 Å². The second kappa shape index (κ2) is 13.6. The number of amidine groups is 1. The largest absolute Gasteiger partial charge is 0.573 e. The monoisotopic (exact) mass is 638 g/mol. The topological polar surface area (TPSA) is 93.9 Å². The lowest BCUT2D eigenvalue weighted by atomic mass is 10.00. The predicted molar refractivity (Wildman–Crippen MR) is 169 cm³/mol. The second-order valence-corrected chi connectivity index (χ2v) is 11.7. The average Bonchev–Trinajstić information content (AvgIpc) is 3.51. The molecule has 1 fully saturated rings. The number of hydrogen-bond donors (Lipinski definition) is 1. The summed E-state index contributed by atoms with van der Waals surface area (Å²) in [5.41, 5.74) is 4.29. The minimum absolute atomic E-state index is 0.261. The molecular formula is C32H33F3N6O3S. The second-order valence-electron chi connectivity index (χ2n) is 10.7. The number of aliphatic imine (C=N–C) groups is 1. The average molecular weight is 639 g/mol. The van der Waals surface area contributed by atoms with E-state index in [1.807, 2.05) is 49.4 Å². The number of carbonyl (C=O) groups excluding carboxylic acids is 1. The van der Waals surface area contributed by atoms with Gasteiger partial charge in [-0.3, -0.25) is 0 Å². The molecule has 0 saturated carbocycles. The molecule has 2 heterocycles. The van der Waals surface area contributed by atoms with Gasteiger partial charge in [-0.2, -0.15) is 4.99 Å². The number of benzene rings is 3. The van der Waals surface area contributed by atoms with Crippen LogP contribution < -0.4 is 19.7 Å². The van der Waals surface area contributed by atoms with Crippen LogP contribution in [0.5, 0.6) is 11.5 Å². The Kier molecular flexibility index (Phi) is 9.66. The molecule has 5 rings (SSSR count). The molecule has 2 amide bonds. The molecule has 1 saturated heterocycles. The third-order valence-corrected chi connectivity index (χ3v) is 8.23. The van der Waals surface area contributed by atoms with Gasteiger partial charge in [-0.15, -0.1) is 18.3 Å². The lowest BCUT2D eigenvalue weighted by Gasteiger charge is -2.32. The van der Waals surface area contributed by atoms with E-state index in [0.717, 1.165) is 46.8 Å². The van der Waals surface area contributed by atoms with E-state index in [4.69, 9.17) is 4.74 Å². The lowest BCUT2D eigenvalue weighted by molar-refractivity contribution is -0.274. The molecule has 0 radical (unpaired) electrons. The number of thioether (sulfide) groups is 1. The fourth-order valence-electron chi connectivity index (χ4n) is 4.87. The smallest absolute Gasteiger partial charge is 0.497 e. The molecule has 0 bridgehead atoms. The van der Waals surface area contributed by atoms with Gasteiger partial charge in [-0.1, -0.05) is 49.9 Å². The normalized spacial score (nSPS) is 15.3. The zero-order valence-electron chi connectivity index (χ0n) is 25.2. The van der Waals surface area contributed by atoms with E-state index in [0.29, 0.717) is 16.7 Å². The number of urea groups is 1. The number of aromatic nitrogens is 3. The fraction of sp³-hybridized carbons (Fsp3) is 0.312. The Balaban J connectivity index is 1.25. The summed E-state index contributed by atoms with van der Waals surface area (Å²) in [5, 5.41) is 8.08. The Bertz CT molecular complexity index is 1660. The van der Waals surface area contributed by atoms with Crippen molar-refractivity contribution < 1.29 is 27.4 Å². The summed E-state index contributed by atoms with van der Waals surface area (Å²) in [6.45, 7) is 6.92. The van der Waals surface area contributed by atoms with Crippen LogP contribution >= 0.6 is 11.8 Å². The summed E-state index contributed by atoms with van der Waals surface area (Å²) < 4.78 is 48.1. The highest BCUT2D eigenvalue weighted by molar-refractivity contribution is 8.14. The molecule has 1 aliphatic heterocycles. The van der Waals surface area contributed by atoms with Crippen LogP contribution in [-0.2, 0) is 0 Å². The zero-order valence-corrected chi connectivity index (χ0v) is 26.0. The maximum atomic E-state index is 13.1. The van der Waals surface area contributed by atoms with Crippen LogP contribution in [0.3, 0.4) is 0 Å². The number of nitrogens with one attached hydrogen (secondary N) is 1. The Labute approximate surface area is 263 Å². The van der Waals surface area contributed by atoms with Gasteiger partial charge in [0.05, 0.1) is 18.8 Å². The van der Waals surface area contributed by atoms with Gasteiger partial charge in [-0.05, 0) is 72.9 Å². The first-order valence-electron chi connectivity index (χ1n) is 14.4. The van der Waals surface area contributed by atoms with E-state index >= 15 is 0 Å². The molecule has 1 atom stereocenters. The van der Waals surface area contributed by atoms with Crippen molar-refractivity contribution >= 4 is 28.6 Å². The molecule has 3 aromatic carbocycles. The van der Waals surface area contributed by atoms with Crippen molar-refractivity contribution in [3.05, 3.63) is 84.2 Å². The van der Waals surface area contributed by atoms with E-state index < -0.39 is 12.4 Å². The summed E-state index contributed by atoms with van der Waals surface area (Å²) in [6.07, 6.45) is -2.30. The van der Waals surface area contributed by atoms with Crippen LogP contribution in [0.2, 0.25) is 0 Å². The molecule has 4 aromatic rings. The maximum Gasteiger partial charge on any atom is 0.573 e. The fourth-order valence-corrected chi connectivity index (χ4v) is 5.82. The van der Waals surface area contributed by atoms with Gasteiger partial charge < -0.3 is 19.7 Å². The van der Waals surface area contributed by atoms with Crippen molar-refractivity contribution in [1.29, 1.82) is 0 Å². The van der Waals surface area contributed by atoms with Crippen molar-refractivity contribution in [2.45, 2.75) is 45.5 Å². The van der Waals surface area contributed by atoms with Gasteiger partial charge in [-0.25, -0.2) is 14.5 Å². The van der Waals surface area contributed by atoms with Gasteiger partial charge >= 0.3 is 12.4 Å². The van der Waals surface area contributed by atoms with Crippen molar-refractivity contribution in [3.63, 3.8) is 0 Å².